The number of nitrogens with zero attached hydrogens (tertiary/aromatic N) is 4. The summed E-state index contributed by atoms with van der Waals surface area (Å²) in [5.74, 6) is 22.6. The van der Waals surface area contributed by atoms with Gasteiger partial charge in [0.05, 0.1) is 43.6 Å². The van der Waals surface area contributed by atoms with E-state index in [1.807, 2.05) is 19.1 Å². The molecule has 3 aromatic carbocycles. The van der Waals surface area contributed by atoms with Gasteiger partial charge >= 0.3 is 12.0 Å². The van der Waals surface area contributed by atoms with Crippen molar-refractivity contribution < 1.29 is 33.5 Å². The smallest absolute Gasteiger partial charge is 0.357 e. The molecule has 0 aromatic heterocycles. The summed E-state index contributed by atoms with van der Waals surface area (Å²) in [4.78, 5) is 57.8. The minimum atomic E-state index is -1.05. The molecule has 3 amide bonds. The third kappa shape index (κ3) is 8.38. The van der Waals surface area contributed by atoms with Crippen molar-refractivity contribution in [3.63, 3.8) is 0 Å². The van der Waals surface area contributed by atoms with Gasteiger partial charge in [-0.1, -0.05) is 24.3 Å². The third-order valence-corrected chi connectivity index (χ3v) is 8.30. The molecule has 0 fully saturated rings. The second kappa shape index (κ2) is 16.1. The van der Waals surface area contributed by atoms with Crippen LogP contribution in [0.1, 0.15) is 50.3 Å². The molecule has 1 unspecified atom stereocenters. The lowest BCUT2D eigenvalue weighted by Gasteiger charge is -2.36. The van der Waals surface area contributed by atoms with E-state index >= 15 is 0 Å². The number of carbonyl (C=O) groups is 4. The second-order valence-electron chi connectivity index (χ2n) is 11.5. The Labute approximate surface area is 279 Å². The molecule has 15 nitrogen and oxygen atoms in total. The number of Topliss-reactive ketones (excluding diaryl/α,β-unsaturated/α-hetero) is 1. The fraction of sp³-hybridized carbons (Fsp3) is 0.333. The monoisotopic (exact) mass is 664 g/mol. The summed E-state index contributed by atoms with van der Waals surface area (Å²) < 4.78 is 10.6. The first-order valence-corrected chi connectivity index (χ1v) is 14.9. The van der Waals surface area contributed by atoms with Gasteiger partial charge in [0.1, 0.15) is 0 Å². The number of likely N-dealkylation sites (N-methyl/N-ethyl adjacent to an activating group) is 1. The van der Waals surface area contributed by atoms with Crippen molar-refractivity contribution >= 4 is 40.8 Å². The normalized spacial score (nSPS) is 11.6. The number of hydrogen-bond donors (Lipinski definition) is 4. The first kappa shape index (κ1) is 37.2. The quantitative estimate of drug-likeness (QED) is 0.111. The molecule has 0 aliphatic rings. The van der Waals surface area contributed by atoms with E-state index < -0.39 is 29.5 Å². The predicted octanol–water partition coefficient (Wildman–Crippen LogP) is 3.01. The molecule has 0 saturated heterocycles. The number of benzene rings is 3. The maximum absolute atomic E-state index is 13.5. The number of methoxy groups -OCH3 is 2. The molecule has 8 N–H and O–H groups in total. The number of carbonyl (C=O) groups excluding carboxylic acids is 4. The number of urea groups is 1. The summed E-state index contributed by atoms with van der Waals surface area (Å²) in [6.07, 6.45) is -0.709. The molecule has 15 heteroatoms. The van der Waals surface area contributed by atoms with E-state index in [-0.39, 0.29) is 25.0 Å². The molecule has 258 valence electrons. The summed E-state index contributed by atoms with van der Waals surface area (Å²) in [6.45, 7) is 5.28. The highest BCUT2D eigenvalue weighted by molar-refractivity contribution is 6.02. The van der Waals surface area contributed by atoms with Gasteiger partial charge in [-0.2, -0.15) is 5.90 Å². The van der Waals surface area contributed by atoms with E-state index in [2.05, 4.69) is 4.84 Å². The number of anilines is 3. The van der Waals surface area contributed by atoms with E-state index in [1.165, 1.54) is 14.2 Å². The Morgan fingerprint density at radius 1 is 0.812 bits per heavy atom. The first-order chi connectivity index (χ1) is 22.7. The Morgan fingerprint density at radius 2 is 1.42 bits per heavy atom. The molecule has 3 aromatic rings. The number of ketones is 1. The Kier molecular flexibility index (Phi) is 12.5. The predicted molar refractivity (Wildman–Crippen MR) is 181 cm³/mol. The number of amides is 3. The van der Waals surface area contributed by atoms with Crippen molar-refractivity contribution in [1.82, 2.24) is 5.01 Å². The summed E-state index contributed by atoms with van der Waals surface area (Å²) >= 11 is 0. The standard InChI is InChI=1S/C33H44N8O7/c1-21-9-7-8-10-25(21)41(36)32(45)39(34)24-14-12-23(13-15-24)38(4)33(2,3)29(42)17-18-30(43)40(35)26(20-31(44)48-37)22-11-16-27(46-5)28(19-22)47-6/h7-16,19,26H,17-18,20,34-37H2,1-6H3. The minimum Gasteiger partial charge on any atom is -0.493 e. The molecule has 0 saturated carbocycles. The van der Waals surface area contributed by atoms with Crippen LogP contribution in [0.4, 0.5) is 21.9 Å². The largest absolute Gasteiger partial charge is 0.493 e. The number of nitrogens with two attached hydrogens (primary N) is 4. The zero-order valence-corrected chi connectivity index (χ0v) is 28.0. The Hall–Kier alpha value is -5.22. The zero-order valence-electron chi connectivity index (χ0n) is 28.0. The number of para-hydroxylation sites is 1. The topological polar surface area (TPSA) is 213 Å². The Morgan fingerprint density at radius 3 is 2.00 bits per heavy atom. The van der Waals surface area contributed by atoms with E-state index in [0.29, 0.717) is 34.1 Å². The van der Waals surface area contributed by atoms with Crippen LogP contribution in [0.25, 0.3) is 0 Å². The molecule has 3 rings (SSSR count). The van der Waals surface area contributed by atoms with Gasteiger partial charge in [-0.05, 0) is 74.4 Å². The molecule has 0 radical (unpaired) electrons. The van der Waals surface area contributed by atoms with Gasteiger partial charge in [-0.25, -0.2) is 32.3 Å². The molecular weight excluding hydrogens is 620 g/mol. The van der Waals surface area contributed by atoms with Gasteiger partial charge in [0, 0.05) is 25.6 Å². The SMILES string of the molecule is COc1ccc(C(CC(=O)ON)N(N)C(=O)CCC(=O)C(C)(C)N(C)c2ccc(N(N)C(=O)N(N)c3ccccc3C)cc2)cc1OC. The first-order valence-electron chi connectivity index (χ1n) is 14.9. The summed E-state index contributed by atoms with van der Waals surface area (Å²) in [5.41, 5.74) is 1.77. The lowest BCUT2D eigenvalue weighted by molar-refractivity contribution is -0.147. The van der Waals surface area contributed by atoms with Crippen LogP contribution in [0.3, 0.4) is 0 Å². The Bertz CT molecular complexity index is 1620. The van der Waals surface area contributed by atoms with Crippen LogP contribution in [-0.2, 0) is 19.2 Å². The molecule has 48 heavy (non-hydrogen) atoms. The van der Waals surface area contributed by atoms with Crippen LogP contribution in [0, 0.1) is 6.92 Å². The van der Waals surface area contributed by atoms with E-state index in [9.17, 15) is 19.2 Å². The van der Waals surface area contributed by atoms with Gasteiger partial charge in [-0.15, -0.1) is 0 Å². The fourth-order valence-corrected chi connectivity index (χ4v) is 4.98. The summed E-state index contributed by atoms with van der Waals surface area (Å²) in [5, 5.41) is 2.79. The van der Waals surface area contributed by atoms with E-state index in [1.54, 1.807) is 80.4 Å². The van der Waals surface area contributed by atoms with Crippen LogP contribution in [0.2, 0.25) is 0 Å². The van der Waals surface area contributed by atoms with Crippen molar-refractivity contribution in [2.45, 2.75) is 51.6 Å². The van der Waals surface area contributed by atoms with Crippen molar-refractivity contribution in [2.75, 3.05) is 36.2 Å². The number of hydrazine groups is 3. The molecule has 0 heterocycles. The number of rotatable bonds is 14. The van der Waals surface area contributed by atoms with Crippen LogP contribution in [-0.4, -0.2) is 55.5 Å². The zero-order chi connectivity index (χ0) is 35.8. The average Bonchev–Trinajstić information content (AvgIpc) is 3.10. The summed E-state index contributed by atoms with van der Waals surface area (Å²) in [7, 11) is 4.66. The third-order valence-electron chi connectivity index (χ3n) is 8.30. The van der Waals surface area contributed by atoms with Crippen LogP contribution in [0.5, 0.6) is 11.5 Å². The van der Waals surface area contributed by atoms with E-state index in [4.69, 9.17) is 32.9 Å². The molecule has 1 atom stereocenters. The Balaban J connectivity index is 1.69. The van der Waals surface area contributed by atoms with Crippen molar-refractivity contribution in [3.05, 3.63) is 77.9 Å². The second-order valence-corrected chi connectivity index (χ2v) is 11.5. The minimum absolute atomic E-state index is 0.141. The number of hydrogen-bond acceptors (Lipinski definition) is 12. The van der Waals surface area contributed by atoms with Gasteiger partial charge in [0.25, 0.3) is 0 Å². The van der Waals surface area contributed by atoms with Crippen molar-refractivity contribution in [3.8, 4) is 11.5 Å². The molecule has 0 bridgehead atoms. The molecule has 0 aliphatic heterocycles. The highest BCUT2D eigenvalue weighted by Crippen LogP contribution is 2.33. The van der Waals surface area contributed by atoms with Gasteiger partial charge in [0.15, 0.2) is 17.3 Å². The van der Waals surface area contributed by atoms with Crippen molar-refractivity contribution in [1.29, 1.82) is 0 Å². The summed E-state index contributed by atoms with van der Waals surface area (Å²) in [6, 6.07) is 17.1. The maximum Gasteiger partial charge on any atom is 0.357 e. The fourth-order valence-electron chi connectivity index (χ4n) is 4.98. The van der Waals surface area contributed by atoms with Gasteiger partial charge < -0.3 is 19.2 Å². The van der Waals surface area contributed by atoms with E-state index in [0.717, 1.165) is 20.6 Å². The highest BCUT2D eigenvalue weighted by atomic mass is 16.7. The van der Waals surface area contributed by atoms with Gasteiger partial charge in [0.2, 0.25) is 5.91 Å². The van der Waals surface area contributed by atoms with Crippen molar-refractivity contribution in [2.24, 2.45) is 23.4 Å². The highest BCUT2D eigenvalue weighted by Gasteiger charge is 2.34. The van der Waals surface area contributed by atoms with Gasteiger partial charge in [-0.3, -0.25) is 19.4 Å². The van der Waals surface area contributed by atoms with Crippen LogP contribution in [0.15, 0.2) is 66.7 Å². The molecular formula is C33H44N8O7. The van der Waals surface area contributed by atoms with Crippen LogP contribution < -0.4 is 47.8 Å². The lowest BCUT2D eigenvalue weighted by Crippen LogP contribution is -2.51. The average molecular weight is 665 g/mol. The molecule has 0 spiro atoms. The van der Waals surface area contributed by atoms with Crippen LogP contribution >= 0.6 is 0 Å². The number of aryl methyl sites for hydroxylation is 1. The lowest BCUT2D eigenvalue weighted by atomic mass is 9.92. The number of ether oxygens (including phenoxy) is 2. The molecule has 0 aliphatic carbocycles. The maximum atomic E-state index is 13.5.